The van der Waals surface area contributed by atoms with Crippen molar-refractivity contribution < 1.29 is 0 Å². The topological polar surface area (TPSA) is 29.3 Å². The molecule has 0 spiro atoms. The smallest absolute Gasteiger partial charge is 0.137 e. The summed E-state index contributed by atoms with van der Waals surface area (Å²) in [4.78, 5) is 4.33. The first-order chi connectivity index (χ1) is 9.38. The lowest BCUT2D eigenvalue weighted by Crippen LogP contribution is -2.11. The zero-order valence-corrected chi connectivity index (χ0v) is 11.0. The Hall–Kier alpha value is -2.13. The Morgan fingerprint density at radius 1 is 1.16 bits per heavy atom. The Labute approximate surface area is 112 Å². The highest BCUT2D eigenvalue weighted by molar-refractivity contribution is 5.64. The molecule has 0 aliphatic rings. The summed E-state index contributed by atoms with van der Waals surface area (Å²) in [6.45, 7) is 4.02. The molecule has 0 radical (unpaired) electrons. The molecule has 0 atom stereocenters. The van der Waals surface area contributed by atoms with Crippen molar-refractivity contribution in [3.8, 4) is 11.3 Å². The van der Waals surface area contributed by atoms with E-state index in [1.54, 1.807) is 0 Å². The third-order valence-corrected chi connectivity index (χ3v) is 3.23. The van der Waals surface area contributed by atoms with E-state index >= 15 is 0 Å². The zero-order valence-electron chi connectivity index (χ0n) is 11.0. The van der Waals surface area contributed by atoms with Gasteiger partial charge in [0.1, 0.15) is 5.65 Å². The van der Waals surface area contributed by atoms with Crippen LogP contribution in [-0.4, -0.2) is 15.9 Å². The van der Waals surface area contributed by atoms with Gasteiger partial charge in [-0.2, -0.15) is 0 Å². The van der Waals surface area contributed by atoms with Gasteiger partial charge in [-0.05, 0) is 35.9 Å². The Morgan fingerprint density at radius 2 is 2.05 bits per heavy atom. The second kappa shape index (κ2) is 5.24. The van der Waals surface area contributed by atoms with Gasteiger partial charge in [0.15, 0.2) is 0 Å². The maximum atomic E-state index is 4.33. The first kappa shape index (κ1) is 11.9. The van der Waals surface area contributed by atoms with Crippen molar-refractivity contribution in [1.82, 2.24) is 14.7 Å². The highest BCUT2D eigenvalue weighted by Gasteiger charge is 2.04. The molecule has 0 unspecified atom stereocenters. The molecular formula is C16H17N3. The number of nitrogens with zero attached hydrogens (tertiary/aromatic N) is 2. The van der Waals surface area contributed by atoms with Crippen LogP contribution in [0.3, 0.4) is 0 Å². The number of nitrogens with one attached hydrogen (secondary N) is 1. The first-order valence-electron chi connectivity index (χ1n) is 6.60. The van der Waals surface area contributed by atoms with Crippen molar-refractivity contribution in [2.75, 3.05) is 6.54 Å². The van der Waals surface area contributed by atoms with Crippen molar-refractivity contribution >= 4 is 5.65 Å². The van der Waals surface area contributed by atoms with E-state index in [-0.39, 0.29) is 0 Å². The van der Waals surface area contributed by atoms with Crippen molar-refractivity contribution in [2.45, 2.75) is 13.5 Å². The Balaban J connectivity index is 2.03. The molecule has 3 nitrogen and oxygen atoms in total. The predicted molar refractivity (Wildman–Crippen MR) is 78.0 cm³/mol. The maximum absolute atomic E-state index is 4.33. The summed E-state index contributed by atoms with van der Waals surface area (Å²) < 4.78 is 2.12. The highest BCUT2D eigenvalue weighted by Crippen LogP contribution is 2.21. The molecule has 3 rings (SSSR count). The normalized spacial score (nSPS) is 11.0. The molecule has 2 heterocycles. The lowest BCUT2D eigenvalue weighted by atomic mass is 10.1. The molecule has 0 bridgehead atoms. The van der Waals surface area contributed by atoms with E-state index in [4.69, 9.17) is 0 Å². The zero-order chi connectivity index (χ0) is 13.1. The molecule has 3 aromatic rings. The standard InChI is InChI=1S/C16H17N3/c1-2-17-12-13-5-3-6-14(11-13)15-7-4-8-16-18-9-10-19(15)16/h3-11,17H,2,12H2,1H3. The molecule has 0 aliphatic heterocycles. The Bertz CT molecular complexity index is 685. The van der Waals surface area contributed by atoms with Gasteiger partial charge in [-0.1, -0.05) is 31.2 Å². The quantitative estimate of drug-likeness (QED) is 0.772. The van der Waals surface area contributed by atoms with Crippen molar-refractivity contribution in [3.05, 3.63) is 60.4 Å². The van der Waals surface area contributed by atoms with E-state index in [2.05, 4.69) is 58.0 Å². The van der Waals surface area contributed by atoms with Crippen LogP contribution < -0.4 is 5.32 Å². The third kappa shape index (κ3) is 2.37. The number of pyridine rings is 1. The van der Waals surface area contributed by atoms with E-state index in [1.807, 2.05) is 18.5 Å². The molecule has 1 aromatic carbocycles. The minimum absolute atomic E-state index is 0.907. The Morgan fingerprint density at radius 3 is 2.95 bits per heavy atom. The monoisotopic (exact) mass is 251 g/mol. The second-order valence-corrected chi connectivity index (χ2v) is 4.55. The molecule has 19 heavy (non-hydrogen) atoms. The highest BCUT2D eigenvalue weighted by atomic mass is 15.0. The predicted octanol–water partition coefficient (Wildman–Crippen LogP) is 3.11. The number of benzene rings is 1. The molecule has 2 aromatic heterocycles. The minimum atomic E-state index is 0.907. The van der Waals surface area contributed by atoms with E-state index < -0.39 is 0 Å². The largest absolute Gasteiger partial charge is 0.313 e. The van der Waals surface area contributed by atoms with Crippen LogP contribution in [0.15, 0.2) is 54.9 Å². The molecule has 0 saturated heterocycles. The summed E-state index contributed by atoms with van der Waals surface area (Å²) in [5.41, 5.74) is 4.68. The fourth-order valence-corrected chi connectivity index (χ4v) is 2.29. The van der Waals surface area contributed by atoms with Gasteiger partial charge in [0.05, 0.1) is 5.69 Å². The number of aromatic nitrogens is 2. The molecule has 0 amide bonds. The molecule has 0 saturated carbocycles. The van der Waals surface area contributed by atoms with Gasteiger partial charge in [-0.3, -0.25) is 4.40 Å². The lowest BCUT2D eigenvalue weighted by molar-refractivity contribution is 0.727. The summed E-state index contributed by atoms with van der Waals surface area (Å²) in [6.07, 6.45) is 3.84. The average Bonchev–Trinajstić information content (AvgIpc) is 2.93. The SMILES string of the molecule is CCNCc1cccc(-c2cccc3nccn23)c1. The summed E-state index contributed by atoms with van der Waals surface area (Å²) in [7, 11) is 0. The van der Waals surface area contributed by atoms with E-state index in [0.29, 0.717) is 0 Å². The molecule has 96 valence electrons. The van der Waals surface area contributed by atoms with Gasteiger partial charge in [0.25, 0.3) is 0 Å². The van der Waals surface area contributed by atoms with Crippen molar-refractivity contribution in [3.63, 3.8) is 0 Å². The van der Waals surface area contributed by atoms with Gasteiger partial charge < -0.3 is 5.32 Å². The molecule has 1 N–H and O–H groups in total. The minimum Gasteiger partial charge on any atom is -0.313 e. The molecule has 0 aliphatic carbocycles. The maximum Gasteiger partial charge on any atom is 0.137 e. The van der Waals surface area contributed by atoms with Gasteiger partial charge >= 0.3 is 0 Å². The fourth-order valence-electron chi connectivity index (χ4n) is 2.29. The van der Waals surface area contributed by atoms with Gasteiger partial charge in [0, 0.05) is 18.9 Å². The molecule has 0 fully saturated rings. The summed E-state index contributed by atoms with van der Waals surface area (Å²) in [6, 6.07) is 14.8. The van der Waals surface area contributed by atoms with E-state index in [9.17, 15) is 0 Å². The van der Waals surface area contributed by atoms with Crippen LogP contribution in [0.25, 0.3) is 16.9 Å². The number of rotatable bonds is 4. The van der Waals surface area contributed by atoms with Crippen LogP contribution in [-0.2, 0) is 6.54 Å². The van der Waals surface area contributed by atoms with Crippen LogP contribution in [0, 0.1) is 0 Å². The number of fused-ring (bicyclic) bond motifs is 1. The second-order valence-electron chi connectivity index (χ2n) is 4.55. The van der Waals surface area contributed by atoms with Crippen LogP contribution in [0.2, 0.25) is 0 Å². The Kier molecular flexibility index (Phi) is 3.29. The van der Waals surface area contributed by atoms with Gasteiger partial charge in [-0.25, -0.2) is 4.98 Å². The lowest BCUT2D eigenvalue weighted by Gasteiger charge is -2.08. The van der Waals surface area contributed by atoms with Crippen molar-refractivity contribution in [1.29, 1.82) is 0 Å². The van der Waals surface area contributed by atoms with Crippen LogP contribution in [0.1, 0.15) is 12.5 Å². The first-order valence-corrected chi connectivity index (χ1v) is 6.60. The third-order valence-electron chi connectivity index (χ3n) is 3.23. The number of imidazole rings is 1. The summed E-state index contributed by atoms with van der Waals surface area (Å²) in [5, 5.41) is 3.36. The number of hydrogen-bond acceptors (Lipinski definition) is 2. The number of hydrogen-bond donors (Lipinski definition) is 1. The van der Waals surface area contributed by atoms with Crippen LogP contribution in [0.4, 0.5) is 0 Å². The van der Waals surface area contributed by atoms with Gasteiger partial charge in [0.2, 0.25) is 0 Å². The van der Waals surface area contributed by atoms with Crippen LogP contribution in [0.5, 0.6) is 0 Å². The molecular weight excluding hydrogens is 234 g/mol. The fraction of sp³-hybridized carbons (Fsp3) is 0.188. The average molecular weight is 251 g/mol. The summed E-state index contributed by atoms with van der Waals surface area (Å²) >= 11 is 0. The molecule has 3 heteroatoms. The van der Waals surface area contributed by atoms with Gasteiger partial charge in [-0.15, -0.1) is 0 Å². The van der Waals surface area contributed by atoms with E-state index in [0.717, 1.165) is 18.7 Å². The van der Waals surface area contributed by atoms with Crippen molar-refractivity contribution in [2.24, 2.45) is 0 Å². The van der Waals surface area contributed by atoms with Crippen LogP contribution >= 0.6 is 0 Å². The summed E-state index contributed by atoms with van der Waals surface area (Å²) in [5.74, 6) is 0. The van der Waals surface area contributed by atoms with E-state index in [1.165, 1.54) is 16.8 Å².